The first-order valence-electron chi connectivity index (χ1n) is 7.90. The highest BCUT2D eigenvalue weighted by molar-refractivity contribution is 6.07. The molecule has 0 aliphatic rings. The van der Waals surface area contributed by atoms with E-state index in [-0.39, 0.29) is 18.1 Å². The number of hydrogen-bond donors (Lipinski definition) is 2. The van der Waals surface area contributed by atoms with Gasteiger partial charge in [-0.25, -0.2) is 4.79 Å². The molecule has 0 aliphatic heterocycles. The number of aryl methyl sites for hydroxylation is 1. The smallest absolute Gasteiger partial charge is 0.330 e. The monoisotopic (exact) mass is 334 g/mol. The van der Waals surface area contributed by atoms with Crippen molar-refractivity contribution in [3.8, 4) is 0 Å². The molecule has 0 radical (unpaired) electrons. The van der Waals surface area contributed by atoms with Crippen LogP contribution in [0.5, 0.6) is 0 Å². The van der Waals surface area contributed by atoms with E-state index < -0.39 is 17.2 Å². The Bertz CT molecular complexity index is 846. The molecule has 24 heavy (non-hydrogen) atoms. The Balaban J connectivity index is 2.56. The van der Waals surface area contributed by atoms with Crippen LogP contribution in [-0.2, 0) is 6.54 Å². The van der Waals surface area contributed by atoms with Gasteiger partial charge < -0.3 is 15.1 Å². The number of furan rings is 1. The number of anilines is 2. The third-order valence-corrected chi connectivity index (χ3v) is 3.87. The normalized spacial score (nSPS) is 10.8. The predicted octanol–water partition coefficient (Wildman–Crippen LogP) is 1.49. The van der Waals surface area contributed by atoms with E-state index in [1.54, 1.807) is 13.8 Å². The number of nitrogens with zero attached hydrogens (tertiary/aromatic N) is 2. The number of nitrogen functional groups attached to an aromatic ring is 1. The molecule has 0 bridgehead atoms. The van der Waals surface area contributed by atoms with Crippen LogP contribution in [0.4, 0.5) is 11.5 Å². The van der Waals surface area contributed by atoms with Crippen molar-refractivity contribution in [3.63, 3.8) is 0 Å². The molecule has 0 saturated carbocycles. The van der Waals surface area contributed by atoms with Crippen LogP contribution in [0.15, 0.2) is 26.3 Å². The number of unbranched alkanes of at least 4 members (excludes halogenated alkanes) is 1. The van der Waals surface area contributed by atoms with Crippen molar-refractivity contribution < 1.29 is 9.21 Å². The number of rotatable bonds is 6. The van der Waals surface area contributed by atoms with Gasteiger partial charge in [-0.15, -0.1) is 0 Å². The van der Waals surface area contributed by atoms with Gasteiger partial charge in [-0.3, -0.25) is 19.1 Å². The van der Waals surface area contributed by atoms with Gasteiger partial charge in [-0.1, -0.05) is 13.3 Å². The summed E-state index contributed by atoms with van der Waals surface area (Å²) >= 11 is 0. The lowest BCUT2D eigenvalue weighted by atomic mass is 10.2. The summed E-state index contributed by atoms with van der Waals surface area (Å²) in [5, 5.41) is 0. The Morgan fingerprint density at radius 2 is 2.08 bits per heavy atom. The number of hydrogen-bond acceptors (Lipinski definition) is 5. The molecule has 8 nitrogen and oxygen atoms in total. The Morgan fingerprint density at radius 1 is 1.38 bits per heavy atom. The molecule has 130 valence electrons. The van der Waals surface area contributed by atoms with Gasteiger partial charge in [0.1, 0.15) is 11.6 Å². The highest BCUT2D eigenvalue weighted by Crippen LogP contribution is 2.21. The van der Waals surface area contributed by atoms with Crippen molar-refractivity contribution in [3.05, 3.63) is 44.5 Å². The Morgan fingerprint density at radius 3 is 2.62 bits per heavy atom. The first-order chi connectivity index (χ1) is 11.4. The number of amides is 1. The summed E-state index contributed by atoms with van der Waals surface area (Å²) < 4.78 is 6.44. The lowest BCUT2D eigenvalue weighted by Crippen LogP contribution is -2.41. The zero-order valence-electron chi connectivity index (χ0n) is 14.1. The standard InChI is InChI=1S/C16H22N4O4/c1-4-6-8-20-13(17)12(14(21)18-16(20)23)19(5-2)15(22)11-7-9-24-10(11)3/h7,9H,4-6,8,17H2,1-3H3,(H,18,21,23). The maximum atomic E-state index is 12.7. The maximum absolute atomic E-state index is 12.7. The molecule has 0 fully saturated rings. The minimum atomic E-state index is -0.679. The molecule has 2 aromatic rings. The van der Waals surface area contributed by atoms with Gasteiger partial charge in [0, 0.05) is 13.1 Å². The van der Waals surface area contributed by atoms with Crippen LogP contribution in [0.25, 0.3) is 0 Å². The Hall–Kier alpha value is -2.77. The van der Waals surface area contributed by atoms with Crippen molar-refractivity contribution in [1.29, 1.82) is 0 Å². The lowest BCUT2D eigenvalue weighted by molar-refractivity contribution is 0.0986. The second kappa shape index (κ2) is 7.20. The quantitative estimate of drug-likeness (QED) is 0.830. The molecule has 8 heteroatoms. The third kappa shape index (κ3) is 3.12. The van der Waals surface area contributed by atoms with Gasteiger partial charge in [0.15, 0.2) is 5.69 Å². The van der Waals surface area contributed by atoms with Crippen LogP contribution >= 0.6 is 0 Å². The predicted molar refractivity (Wildman–Crippen MR) is 91.4 cm³/mol. The molecule has 0 saturated heterocycles. The number of nitrogens with two attached hydrogens (primary N) is 1. The SMILES string of the molecule is CCCCn1c(N)c(N(CC)C(=O)c2ccoc2C)c(=O)[nH]c1=O. The van der Waals surface area contributed by atoms with Crippen molar-refractivity contribution in [1.82, 2.24) is 9.55 Å². The number of aromatic nitrogens is 2. The molecular formula is C16H22N4O4. The summed E-state index contributed by atoms with van der Waals surface area (Å²) in [6.07, 6.45) is 3.01. The fourth-order valence-electron chi connectivity index (χ4n) is 2.53. The maximum Gasteiger partial charge on any atom is 0.330 e. The molecular weight excluding hydrogens is 312 g/mol. The number of nitrogens with one attached hydrogen (secondary N) is 1. The molecule has 2 aromatic heterocycles. The highest BCUT2D eigenvalue weighted by atomic mass is 16.3. The van der Waals surface area contributed by atoms with Gasteiger partial charge >= 0.3 is 5.69 Å². The summed E-state index contributed by atoms with van der Waals surface area (Å²) in [6, 6.07) is 1.54. The summed E-state index contributed by atoms with van der Waals surface area (Å²) in [4.78, 5) is 40.5. The van der Waals surface area contributed by atoms with Crippen molar-refractivity contribution >= 4 is 17.4 Å². The molecule has 2 heterocycles. The van der Waals surface area contributed by atoms with Crippen LogP contribution in [0.2, 0.25) is 0 Å². The van der Waals surface area contributed by atoms with Crippen molar-refractivity contribution in [2.45, 2.75) is 40.2 Å². The van der Waals surface area contributed by atoms with E-state index in [1.807, 2.05) is 6.92 Å². The van der Waals surface area contributed by atoms with Gasteiger partial charge in [0.2, 0.25) is 0 Å². The van der Waals surface area contributed by atoms with Gasteiger partial charge in [-0.05, 0) is 26.3 Å². The van der Waals surface area contributed by atoms with Gasteiger partial charge in [-0.2, -0.15) is 0 Å². The van der Waals surface area contributed by atoms with E-state index in [2.05, 4.69) is 4.98 Å². The zero-order valence-corrected chi connectivity index (χ0v) is 14.1. The second-order valence-corrected chi connectivity index (χ2v) is 5.44. The average Bonchev–Trinajstić information content (AvgIpc) is 2.96. The molecule has 3 N–H and O–H groups in total. The van der Waals surface area contributed by atoms with E-state index in [0.717, 1.165) is 12.8 Å². The minimum absolute atomic E-state index is 0.00597. The van der Waals surface area contributed by atoms with Crippen LogP contribution in [0.3, 0.4) is 0 Å². The number of carbonyl (C=O) groups is 1. The highest BCUT2D eigenvalue weighted by Gasteiger charge is 2.25. The van der Waals surface area contributed by atoms with Crippen molar-refractivity contribution in [2.75, 3.05) is 17.2 Å². The first-order valence-corrected chi connectivity index (χ1v) is 7.90. The Labute approximate surface area is 138 Å². The van der Waals surface area contributed by atoms with E-state index in [1.165, 1.54) is 21.8 Å². The second-order valence-electron chi connectivity index (χ2n) is 5.44. The summed E-state index contributed by atoms with van der Waals surface area (Å²) in [6.45, 7) is 5.98. The van der Waals surface area contributed by atoms with Crippen LogP contribution in [0.1, 0.15) is 42.8 Å². The third-order valence-electron chi connectivity index (χ3n) is 3.87. The topological polar surface area (TPSA) is 114 Å². The van der Waals surface area contributed by atoms with E-state index in [9.17, 15) is 14.4 Å². The fraction of sp³-hybridized carbons (Fsp3) is 0.438. The number of carbonyl (C=O) groups excluding carboxylic acids is 1. The molecule has 0 aromatic carbocycles. The molecule has 1 amide bonds. The molecule has 0 atom stereocenters. The van der Waals surface area contributed by atoms with Gasteiger partial charge in [0.25, 0.3) is 11.5 Å². The summed E-state index contributed by atoms with van der Waals surface area (Å²) in [5.74, 6) is 0.0444. The van der Waals surface area contributed by atoms with Crippen LogP contribution in [-0.4, -0.2) is 22.0 Å². The summed E-state index contributed by atoms with van der Waals surface area (Å²) in [5.41, 5.74) is 5.14. The fourth-order valence-corrected chi connectivity index (χ4v) is 2.53. The number of aromatic amines is 1. The minimum Gasteiger partial charge on any atom is -0.469 e. The van der Waals surface area contributed by atoms with E-state index >= 15 is 0 Å². The van der Waals surface area contributed by atoms with E-state index in [4.69, 9.17) is 10.2 Å². The zero-order chi connectivity index (χ0) is 17.9. The summed E-state index contributed by atoms with van der Waals surface area (Å²) in [7, 11) is 0. The van der Waals surface area contributed by atoms with E-state index in [0.29, 0.717) is 17.9 Å². The van der Waals surface area contributed by atoms with Gasteiger partial charge in [0.05, 0.1) is 11.8 Å². The molecule has 2 rings (SSSR count). The van der Waals surface area contributed by atoms with Crippen LogP contribution < -0.4 is 21.9 Å². The molecule has 0 spiro atoms. The average molecular weight is 334 g/mol. The van der Waals surface area contributed by atoms with Crippen LogP contribution in [0, 0.1) is 6.92 Å². The number of H-pyrrole nitrogens is 1. The van der Waals surface area contributed by atoms with Crippen molar-refractivity contribution in [2.24, 2.45) is 0 Å². The molecule has 0 aliphatic carbocycles. The lowest BCUT2D eigenvalue weighted by Gasteiger charge is -2.22. The Kier molecular flexibility index (Phi) is 5.28. The molecule has 0 unspecified atom stereocenters. The largest absolute Gasteiger partial charge is 0.469 e. The first kappa shape index (κ1) is 17.6.